The number of hydrogen-bond acceptors (Lipinski definition) is 3. The van der Waals surface area contributed by atoms with Gasteiger partial charge in [0.15, 0.2) is 6.10 Å². The minimum Gasteiger partial charge on any atom is -0.449 e. The molecule has 0 heterocycles. The summed E-state index contributed by atoms with van der Waals surface area (Å²) < 4.78 is 55.2. The van der Waals surface area contributed by atoms with Gasteiger partial charge in [-0.3, -0.25) is 4.79 Å². The molecule has 0 radical (unpaired) electrons. The first-order valence-corrected chi connectivity index (χ1v) is 7.77. The molecule has 142 valence electrons. The highest BCUT2D eigenvalue weighted by atomic mass is 19.4. The van der Waals surface area contributed by atoms with Gasteiger partial charge in [0.2, 0.25) is 0 Å². The molecular formula is C19H15F4NO3. The molecule has 0 fully saturated rings. The van der Waals surface area contributed by atoms with Gasteiger partial charge in [-0.25, -0.2) is 9.18 Å². The lowest BCUT2D eigenvalue weighted by molar-refractivity contribution is -0.148. The van der Waals surface area contributed by atoms with Gasteiger partial charge >= 0.3 is 12.1 Å². The first-order valence-electron chi connectivity index (χ1n) is 7.77. The van der Waals surface area contributed by atoms with E-state index in [1.807, 2.05) is 0 Å². The van der Waals surface area contributed by atoms with Crippen molar-refractivity contribution in [3.63, 3.8) is 0 Å². The molecule has 2 aromatic carbocycles. The zero-order valence-corrected chi connectivity index (χ0v) is 14.1. The Balaban J connectivity index is 1.89. The van der Waals surface area contributed by atoms with Crippen LogP contribution >= 0.6 is 0 Å². The summed E-state index contributed by atoms with van der Waals surface area (Å²) in [6.07, 6.45) is -3.17. The Hall–Kier alpha value is -3.16. The number of nitrogens with one attached hydrogen (secondary N) is 1. The third kappa shape index (κ3) is 6.25. The summed E-state index contributed by atoms with van der Waals surface area (Å²) in [6, 6.07) is 9.23. The molecule has 4 nitrogen and oxygen atoms in total. The molecule has 0 bridgehead atoms. The summed E-state index contributed by atoms with van der Waals surface area (Å²) in [5, 5.41) is 2.36. The van der Waals surface area contributed by atoms with Crippen LogP contribution in [0.1, 0.15) is 18.1 Å². The summed E-state index contributed by atoms with van der Waals surface area (Å²) in [5.74, 6) is -1.91. The fourth-order valence-corrected chi connectivity index (χ4v) is 1.99. The van der Waals surface area contributed by atoms with Crippen LogP contribution in [0.15, 0.2) is 54.6 Å². The van der Waals surface area contributed by atoms with E-state index >= 15 is 0 Å². The number of alkyl halides is 3. The Morgan fingerprint density at radius 1 is 1.04 bits per heavy atom. The Kier molecular flexibility index (Phi) is 6.33. The van der Waals surface area contributed by atoms with E-state index in [4.69, 9.17) is 4.74 Å². The van der Waals surface area contributed by atoms with E-state index in [-0.39, 0.29) is 5.69 Å². The number of benzene rings is 2. The molecule has 0 aromatic heterocycles. The van der Waals surface area contributed by atoms with Crippen LogP contribution in [0.4, 0.5) is 23.2 Å². The largest absolute Gasteiger partial charge is 0.449 e. The Labute approximate surface area is 152 Å². The number of amides is 1. The molecule has 0 aliphatic carbocycles. The van der Waals surface area contributed by atoms with Gasteiger partial charge in [-0.1, -0.05) is 12.1 Å². The fourth-order valence-electron chi connectivity index (χ4n) is 1.99. The van der Waals surface area contributed by atoms with Crippen molar-refractivity contribution in [2.75, 3.05) is 5.32 Å². The van der Waals surface area contributed by atoms with E-state index in [0.717, 1.165) is 30.3 Å². The van der Waals surface area contributed by atoms with Gasteiger partial charge in [-0.15, -0.1) is 0 Å². The molecule has 1 atom stereocenters. The highest BCUT2D eigenvalue weighted by Crippen LogP contribution is 2.29. The zero-order chi connectivity index (χ0) is 20.0. The van der Waals surface area contributed by atoms with Crippen molar-refractivity contribution >= 4 is 23.6 Å². The molecular weight excluding hydrogens is 366 g/mol. The Morgan fingerprint density at radius 3 is 2.19 bits per heavy atom. The number of hydrogen-bond donors (Lipinski definition) is 1. The van der Waals surface area contributed by atoms with Crippen molar-refractivity contribution in [3.05, 3.63) is 71.6 Å². The van der Waals surface area contributed by atoms with Crippen LogP contribution in [0, 0.1) is 5.82 Å². The van der Waals surface area contributed by atoms with Crippen molar-refractivity contribution in [1.29, 1.82) is 0 Å². The lowest BCUT2D eigenvalue weighted by Gasteiger charge is -2.13. The zero-order valence-electron chi connectivity index (χ0n) is 14.1. The van der Waals surface area contributed by atoms with Gasteiger partial charge in [0.05, 0.1) is 5.56 Å². The molecule has 1 N–H and O–H groups in total. The van der Waals surface area contributed by atoms with Crippen LogP contribution in [0.5, 0.6) is 0 Å². The van der Waals surface area contributed by atoms with Gasteiger partial charge in [-0.05, 0) is 55.0 Å². The number of carbonyl (C=O) groups excluding carboxylic acids is 2. The number of ether oxygens (including phenoxy) is 1. The normalized spacial score (nSPS) is 12.6. The van der Waals surface area contributed by atoms with Crippen LogP contribution in [0.25, 0.3) is 6.08 Å². The standard InChI is InChI=1S/C19H15F4NO3/c1-12(27-17(25)11-4-13-2-7-15(20)8-3-13)18(26)24-16-9-5-14(6-10-16)19(21,22)23/h2-12H,1H3,(H,24,26)/b11-4+/t12-/m1/s1. The summed E-state index contributed by atoms with van der Waals surface area (Å²) in [4.78, 5) is 23.7. The second-order valence-corrected chi connectivity index (χ2v) is 5.53. The maximum absolute atomic E-state index is 12.8. The van der Waals surface area contributed by atoms with Crippen LogP contribution in [-0.4, -0.2) is 18.0 Å². The van der Waals surface area contributed by atoms with Crippen molar-refractivity contribution in [2.45, 2.75) is 19.2 Å². The molecule has 0 saturated heterocycles. The summed E-state index contributed by atoms with van der Waals surface area (Å²) in [6.45, 7) is 1.32. The average Bonchev–Trinajstić information content (AvgIpc) is 2.61. The predicted molar refractivity (Wildman–Crippen MR) is 91.1 cm³/mol. The minimum absolute atomic E-state index is 0.137. The number of carbonyl (C=O) groups is 2. The average molecular weight is 381 g/mol. The Bertz CT molecular complexity index is 828. The van der Waals surface area contributed by atoms with Crippen molar-refractivity contribution < 1.29 is 31.9 Å². The maximum atomic E-state index is 12.8. The van der Waals surface area contributed by atoms with Gasteiger partial charge in [0.1, 0.15) is 5.82 Å². The molecule has 27 heavy (non-hydrogen) atoms. The van der Waals surface area contributed by atoms with Crippen LogP contribution in [0.3, 0.4) is 0 Å². The number of halogens is 4. The van der Waals surface area contributed by atoms with E-state index in [1.165, 1.54) is 37.3 Å². The summed E-state index contributed by atoms with van der Waals surface area (Å²) in [5.41, 5.74) is -0.140. The molecule has 0 unspecified atom stereocenters. The van der Waals surface area contributed by atoms with Gasteiger partial charge in [0.25, 0.3) is 5.91 Å². The Morgan fingerprint density at radius 2 is 1.63 bits per heavy atom. The summed E-state index contributed by atoms with van der Waals surface area (Å²) >= 11 is 0. The van der Waals surface area contributed by atoms with E-state index in [9.17, 15) is 27.2 Å². The second kappa shape index (κ2) is 8.48. The molecule has 0 spiro atoms. The summed E-state index contributed by atoms with van der Waals surface area (Å²) in [7, 11) is 0. The van der Waals surface area contributed by atoms with E-state index in [2.05, 4.69) is 5.32 Å². The number of anilines is 1. The third-order valence-corrected chi connectivity index (χ3v) is 3.42. The van der Waals surface area contributed by atoms with E-state index < -0.39 is 35.5 Å². The van der Waals surface area contributed by atoms with Crippen molar-refractivity contribution in [1.82, 2.24) is 0 Å². The molecule has 2 aromatic rings. The van der Waals surface area contributed by atoms with Crippen molar-refractivity contribution in [3.8, 4) is 0 Å². The number of esters is 1. The van der Waals surface area contributed by atoms with E-state index in [0.29, 0.717) is 5.56 Å². The monoisotopic (exact) mass is 381 g/mol. The molecule has 0 aliphatic rings. The molecule has 2 rings (SSSR count). The van der Waals surface area contributed by atoms with Crippen LogP contribution < -0.4 is 5.32 Å². The molecule has 0 aliphatic heterocycles. The van der Waals surface area contributed by atoms with Crippen LogP contribution in [0.2, 0.25) is 0 Å². The fraction of sp³-hybridized carbons (Fsp3) is 0.158. The highest BCUT2D eigenvalue weighted by Gasteiger charge is 2.30. The second-order valence-electron chi connectivity index (χ2n) is 5.53. The van der Waals surface area contributed by atoms with Gasteiger partial charge < -0.3 is 10.1 Å². The lowest BCUT2D eigenvalue weighted by Crippen LogP contribution is -2.29. The quantitative estimate of drug-likeness (QED) is 0.474. The lowest BCUT2D eigenvalue weighted by atomic mass is 10.2. The first-order chi connectivity index (χ1) is 12.6. The molecule has 8 heteroatoms. The third-order valence-electron chi connectivity index (χ3n) is 3.42. The smallest absolute Gasteiger partial charge is 0.416 e. The molecule has 1 amide bonds. The minimum atomic E-state index is -4.47. The maximum Gasteiger partial charge on any atom is 0.416 e. The first kappa shape index (κ1) is 20.2. The molecule has 0 saturated carbocycles. The van der Waals surface area contributed by atoms with Gasteiger partial charge in [-0.2, -0.15) is 13.2 Å². The number of rotatable bonds is 5. The van der Waals surface area contributed by atoms with Gasteiger partial charge in [0, 0.05) is 11.8 Å². The predicted octanol–water partition coefficient (Wildman–Crippen LogP) is 4.43. The van der Waals surface area contributed by atoms with Crippen molar-refractivity contribution in [2.24, 2.45) is 0 Å². The van der Waals surface area contributed by atoms with E-state index in [1.54, 1.807) is 0 Å². The van der Waals surface area contributed by atoms with Crippen LogP contribution in [-0.2, 0) is 20.5 Å². The SMILES string of the molecule is C[C@@H](OC(=O)/C=C/c1ccc(F)cc1)C(=O)Nc1ccc(C(F)(F)F)cc1. The topological polar surface area (TPSA) is 55.4 Å². The highest BCUT2D eigenvalue weighted by molar-refractivity contribution is 5.96.